The molecule has 0 bridgehead atoms. The molecule has 0 amide bonds. The standard InChI is InChI=1S/C15H20FNO3/c1-3-19-15(18)10(2)20-14-7-4-11(8-13(14)16)9-17-12-5-6-12/h4,7-8,10,12,17H,3,5-6,9H2,1-2H3. The Balaban J connectivity index is 1.92. The van der Waals surface area contributed by atoms with E-state index in [1.807, 2.05) is 0 Å². The van der Waals surface area contributed by atoms with Crippen LogP contribution < -0.4 is 10.1 Å². The summed E-state index contributed by atoms with van der Waals surface area (Å²) in [4.78, 5) is 11.4. The molecule has 1 aromatic carbocycles. The Kier molecular flexibility index (Phi) is 4.95. The van der Waals surface area contributed by atoms with E-state index in [0.29, 0.717) is 12.6 Å². The monoisotopic (exact) mass is 281 g/mol. The predicted molar refractivity (Wildman–Crippen MR) is 73.0 cm³/mol. The van der Waals surface area contributed by atoms with Gasteiger partial charge in [-0.05, 0) is 44.4 Å². The lowest BCUT2D eigenvalue weighted by Gasteiger charge is -2.14. The quantitative estimate of drug-likeness (QED) is 0.780. The van der Waals surface area contributed by atoms with Crippen LogP contribution in [0, 0.1) is 5.82 Å². The number of halogens is 1. The van der Waals surface area contributed by atoms with E-state index >= 15 is 0 Å². The molecule has 0 spiro atoms. The van der Waals surface area contributed by atoms with Crippen molar-refractivity contribution in [3.8, 4) is 5.75 Å². The molecule has 1 fully saturated rings. The summed E-state index contributed by atoms with van der Waals surface area (Å²) < 4.78 is 24.0. The van der Waals surface area contributed by atoms with E-state index in [0.717, 1.165) is 5.56 Å². The van der Waals surface area contributed by atoms with Gasteiger partial charge in [0, 0.05) is 12.6 Å². The van der Waals surface area contributed by atoms with Crippen molar-refractivity contribution in [1.82, 2.24) is 5.32 Å². The zero-order chi connectivity index (χ0) is 14.5. The molecule has 5 heteroatoms. The Hall–Kier alpha value is -1.62. The Morgan fingerprint density at radius 1 is 1.50 bits per heavy atom. The topological polar surface area (TPSA) is 47.6 Å². The first-order valence-corrected chi connectivity index (χ1v) is 6.95. The summed E-state index contributed by atoms with van der Waals surface area (Å²) in [5.41, 5.74) is 0.866. The van der Waals surface area contributed by atoms with Crippen molar-refractivity contribution in [2.45, 2.75) is 45.4 Å². The lowest BCUT2D eigenvalue weighted by Crippen LogP contribution is -2.26. The Bertz CT molecular complexity index is 474. The van der Waals surface area contributed by atoms with E-state index in [9.17, 15) is 9.18 Å². The molecule has 1 unspecified atom stereocenters. The number of hydrogen-bond donors (Lipinski definition) is 1. The van der Waals surface area contributed by atoms with Crippen molar-refractivity contribution < 1.29 is 18.7 Å². The van der Waals surface area contributed by atoms with Gasteiger partial charge >= 0.3 is 5.97 Å². The number of nitrogens with one attached hydrogen (secondary N) is 1. The van der Waals surface area contributed by atoms with Crippen molar-refractivity contribution in [3.05, 3.63) is 29.6 Å². The summed E-state index contributed by atoms with van der Waals surface area (Å²) >= 11 is 0. The summed E-state index contributed by atoms with van der Waals surface area (Å²) in [6.07, 6.45) is 1.57. The Morgan fingerprint density at radius 2 is 2.25 bits per heavy atom. The molecule has 0 radical (unpaired) electrons. The minimum Gasteiger partial charge on any atom is -0.476 e. The number of esters is 1. The average Bonchev–Trinajstić information content (AvgIpc) is 3.23. The van der Waals surface area contributed by atoms with Gasteiger partial charge in [-0.1, -0.05) is 6.07 Å². The van der Waals surface area contributed by atoms with Crippen molar-refractivity contribution in [3.63, 3.8) is 0 Å². The van der Waals surface area contributed by atoms with Gasteiger partial charge in [-0.2, -0.15) is 0 Å². The summed E-state index contributed by atoms with van der Waals surface area (Å²) in [7, 11) is 0. The zero-order valence-electron chi connectivity index (χ0n) is 11.8. The van der Waals surface area contributed by atoms with Gasteiger partial charge in [-0.15, -0.1) is 0 Å². The van der Waals surface area contributed by atoms with Crippen LogP contribution in [0.15, 0.2) is 18.2 Å². The fraction of sp³-hybridized carbons (Fsp3) is 0.533. The molecule has 1 atom stereocenters. The van der Waals surface area contributed by atoms with Crippen LogP contribution in [0.2, 0.25) is 0 Å². The van der Waals surface area contributed by atoms with E-state index < -0.39 is 17.9 Å². The van der Waals surface area contributed by atoms with Crippen LogP contribution in [0.4, 0.5) is 4.39 Å². The van der Waals surface area contributed by atoms with E-state index in [-0.39, 0.29) is 12.4 Å². The maximum absolute atomic E-state index is 13.9. The van der Waals surface area contributed by atoms with Gasteiger partial charge in [-0.25, -0.2) is 9.18 Å². The smallest absolute Gasteiger partial charge is 0.347 e. The van der Waals surface area contributed by atoms with Crippen LogP contribution in [0.3, 0.4) is 0 Å². The largest absolute Gasteiger partial charge is 0.476 e. The first-order chi connectivity index (χ1) is 9.60. The zero-order valence-corrected chi connectivity index (χ0v) is 11.8. The number of carbonyl (C=O) groups excluding carboxylic acids is 1. The van der Waals surface area contributed by atoms with E-state index in [1.54, 1.807) is 26.0 Å². The minimum absolute atomic E-state index is 0.0701. The van der Waals surface area contributed by atoms with Gasteiger partial charge < -0.3 is 14.8 Å². The molecule has 1 saturated carbocycles. The molecule has 1 aliphatic carbocycles. The average molecular weight is 281 g/mol. The third kappa shape index (κ3) is 4.20. The Morgan fingerprint density at radius 3 is 2.85 bits per heavy atom. The molecule has 110 valence electrons. The molecule has 2 rings (SSSR count). The summed E-state index contributed by atoms with van der Waals surface area (Å²) in [5, 5.41) is 3.31. The maximum Gasteiger partial charge on any atom is 0.347 e. The molecule has 0 heterocycles. The molecule has 1 aromatic rings. The fourth-order valence-corrected chi connectivity index (χ4v) is 1.80. The maximum atomic E-state index is 13.9. The van der Waals surface area contributed by atoms with Crippen LogP contribution in [-0.2, 0) is 16.1 Å². The number of ether oxygens (including phenoxy) is 2. The van der Waals surface area contributed by atoms with Gasteiger partial charge in [0.15, 0.2) is 17.7 Å². The third-order valence-electron chi connectivity index (χ3n) is 3.09. The van der Waals surface area contributed by atoms with Crippen LogP contribution in [0.25, 0.3) is 0 Å². The number of hydrogen-bond acceptors (Lipinski definition) is 4. The summed E-state index contributed by atoms with van der Waals surface area (Å²) in [5.74, 6) is -0.886. The summed E-state index contributed by atoms with van der Waals surface area (Å²) in [6, 6.07) is 5.36. The molecule has 4 nitrogen and oxygen atoms in total. The lowest BCUT2D eigenvalue weighted by molar-refractivity contribution is -0.150. The Labute approximate surface area is 118 Å². The molecule has 0 aliphatic heterocycles. The van der Waals surface area contributed by atoms with Crippen molar-refractivity contribution in [1.29, 1.82) is 0 Å². The van der Waals surface area contributed by atoms with E-state index in [4.69, 9.17) is 9.47 Å². The molecule has 1 aliphatic rings. The SMILES string of the molecule is CCOC(=O)C(C)Oc1ccc(CNC2CC2)cc1F. The minimum atomic E-state index is -0.820. The van der Waals surface area contributed by atoms with Crippen LogP contribution in [-0.4, -0.2) is 24.7 Å². The first kappa shape index (κ1) is 14.8. The van der Waals surface area contributed by atoms with E-state index in [1.165, 1.54) is 18.9 Å². The van der Waals surface area contributed by atoms with Gasteiger partial charge in [0.05, 0.1) is 6.61 Å². The van der Waals surface area contributed by atoms with Gasteiger partial charge in [0.2, 0.25) is 0 Å². The third-order valence-corrected chi connectivity index (χ3v) is 3.09. The van der Waals surface area contributed by atoms with Crippen molar-refractivity contribution >= 4 is 5.97 Å². The summed E-state index contributed by atoms with van der Waals surface area (Å²) in [6.45, 7) is 4.18. The van der Waals surface area contributed by atoms with Gasteiger partial charge in [-0.3, -0.25) is 0 Å². The van der Waals surface area contributed by atoms with Crippen LogP contribution >= 0.6 is 0 Å². The molecular formula is C15H20FNO3. The number of rotatable bonds is 7. The molecule has 20 heavy (non-hydrogen) atoms. The number of carbonyl (C=O) groups is 1. The van der Waals surface area contributed by atoms with Crippen molar-refractivity contribution in [2.24, 2.45) is 0 Å². The fourth-order valence-electron chi connectivity index (χ4n) is 1.80. The highest BCUT2D eigenvalue weighted by molar-refractivity contribution is 5.74. The van der Waals surface area contributed by atoms with Gasteiger partial charge in [0.1, 0.15) is 0 Å². The lowest BCUT2D eigenvalue weighted by atomic mass is 10.2. The first-order valence-electron chi connectivity index (χ1n) is 6.95. The highest BCUT2D eigenvalue weighted by Gasteiger charge is 2.21. The van der Waals surface area contributed by atoms with Crippen LogP contribution in [0.5, 0.6) is 5.75 Å². The second kappa shape index (κ2) is 6.70. The van der Waals surface area contributed by atoms with Gasteiger partial charge in [0.25, 0.3) is 0 Å². The molecular weight excluding hydrogens is 261 g/mol. The normalized spacial score (nSPS) is 15.8. The van der Waals surface area contributed by atoms with E-state index in [2.05, 4.69) is 5.32 Å². The second-order valence-electron chi connectivity index (χ2n) is 4.93. The predicted octanol–water partition coefficient (Wildman–Crippen LogP) is 2.41. The molecule has 1 N–H and O–H groups in total. The highest BCUT2D eigenvalue weighted by atomic mass is 19.1. The van der Waals surface area contributed by atoms with Crippen LogP contribution in [0.1, 0.15) is 32.3 Å². The molecule has 0 aromatic heterocycles. The number of benzene rings is 1. The highest BCUT2D eigenvalue weighted by Crippen LogP contribution is 2.22. The van der Waals surface area contributed by atoms with Crippen molar-refractivity contribution in [2.75, 3.05) is 6.61 Å². The molecule has 0 saturated heterocycles. The second-order valence-corrected chi connectivity index (χ2v) is 4.93.